The molecule has 3 aromatic rings. The normalized spacial score (nSPS) is 13.5. The van der Waals surface area contributed by atoms with E-state index in [-0.39, 0.29) is 6.79 Å². The molecule has 0 N–H and O–H groups in total. The van der Waals surface area contributed by atoms with Crippen LogP contribution in [0.1, 0.15) is 36.8 Å². The highest BCUT2D eigenvalue weighted by molar-refractivity contribution is 7.99. The van der Waals surface area contributed by atoms with Crippen molar-refractivity contribution in [2.45, 2.75) is 37.1 Å². The van der Waals surface area contributed by atoms with Crippen LogP contribution in [0.15, 0.2) is 47.5 Å². The summed E-state index contributed by atoms with van der Waals surface area (Å²) in [5.41, 5.74) is 3.15. The molecule has 0 saturated heterocycles. The van der Waals surface area contributed by atoms with E-state index in [4.69, 9.17) is 24.2 Å². The van der Waals surface area contributed by atoms with Crippen molar-refractivity contribution < 1.29 is 14.2 Å². The highest BCUT2D eigenvalue weighted by Gasteiger charge is 2.24. The first-order chi connectivity index (χ1) is 16.2. The van der Waals surface area contributed by atoms with Crippen LogP contribution in [0.2, 0.25) is 0 Å². The highest BCUT2D eigenvalue weighted by Crippen LogP contribution is 2.41. The number of hydrogen-bond acceptors (Lipinski definition) is 7. The van der Waals surface area contributed by atoms with Crippen molar-refractivity contribution in [2.24, 2.45) is 0 Å². The Balaban J connectivity index is 1.36. The Bertz CT molecular complexity index is 1140. The zero-order chi connectivity index (χ0) is 22.6. The summed E-state index contributed by atoms with van der Waals surface area (Å²) in [5.74, 6) is 4.70. The molecule has 2 aliphatic rings. The molecule has 6 nitrogen and oxygen atoms in total. The van der Waals surface area contributed by atoms with Crippen LogP contribution in [0.25, 0.3) is 11.4 Å². The third kappa shape index (κ3) is 5.09. The number of thioether (sulfide) groups is 1. The van der Waals surface area contributed by atoms with Crippen LogP contribution in [-0.4, -0.2) is 48.1 Å². The summed E-state index contributed by atoms with van der Waals surface area (Å²) in [6.07, 6.45) is 5.72. The van der Waals surface area contributed by atoms with E-state index >= 15 is 0 Å². The van der Waals surface area contributed by atoms with Crippen LogP contribution >= 0.6 is 11.8 Å². The van der Waals surface area contributed by atoms with E-state index in [9.17, 15) is 0 Å². The fourth-order valence-corrected chi connectivity index (χ4v) is 5.09. The monoisotopic (exact) mass is 463 g/mol. The SMILES string of the molecule is CN(C)CCCCCCSc1nc(-c2ccc3c(c2)OCO3)nc2c1Cc1ccccc1O2. The second-order valence-corrected chi connectivity index (χ2v) is 9.74. The molecule has 0 aliphatic carbocycles. The van der Waals surface area contributed by atoms with Crippen molar-refractivity contribution in [3.05, 3.63) is 53.6 Å². The van der Waals surface area contributed by atoms with Crippen LogP contribution in [-0.2, 0) is 6.42 Å². The average Bonchev–Trinajstić information content (AvgIpc) is 3.30. The molecule has 3 heterocycles. The quantitative estimate of drug-likeness (QED) is 0.177. The summed E-state index contributed by atoms with van der Waals surface area (Å²) in [6.45, 7) is 1.40. The molecule has 0 amide bonds. The van der Waals surface area contributed by atoms with E-state index in [1.807, 2.05) is 42.1 Å². The molecular formula is C26H29N3O3S. The van der Waals surface area contributed by atoms with Gasteiger partial charge in [0.1, 0.15) is 10.8 Å². The van der Waals surface area contributed by atoms with Crippen LogP contribution in [0.3, 0.4) is 0 Å². The Kier molecular flexibility index (Phi) is 6.69. The summed E-state index contributed by atoms with van der Waals surface area (Å²) >= 11 is 1.81. The van der Waals surface area contributed by atoms with Crippen LogP contribution < -0.4 is 14.2 Å². The zero-order valence-corrected chi connectivity index (χ0v) is 20.0. The van der Waals surface area contributed by atoms with Crippen molar-refractivity contribution in [3.63, 3.8) is 0 Å². The van der Waals surface area contributed by atoms with Crippen LogP contribution in [0, 0.1) is 0 Å². The lowest BCUT2D eigenvalue weighted by Gasteiger charge is -2.21. The zero-order valence-electron chi connectivity index (χ0n) is 19.2. The van der Waals surface area contributed by atoms with Gasteiger partial charge in [0.2, 0.25) is 12.7 Å². The van der Waals surface area contributed by atoms with Crippen molar-refractivity contribution >= 4 is 11.8 Å². The Morgan fingerprint density at radius 2 is 1.76 bits per heavy atom. The van der Waals surface area contributed by atoms with Crippen LogP contribution in [0.4, 0.5) is 0 Å². The number of para-hydroxylation sites is 1. The maximum Gasteiger partial charge on any atom is 0.231 e. The van der Waals surface area contributed by atoms with Gasteiger partial charge in [0.25, 0.3) is 0 Å². The minimum atomic E-state index is 0.249. The number of ether oxygens (including phenoxy) is 3. The lowest BCUT2D eigenvalue weighted by atomic mass is 10.0. The molecule has 33 heavy (non-hydrogen) atoms. The van der Waals surface area contributed by atoms with Gasteiger partial charge in [-0.25, -0.2) is 4.98 Å². The topological polar surface area (TPSA) is 56.7 Å². The fourth-order valence-electron chi connectivity index (χ4n) is 4.06. The number of aromatic nitrogens is 2. The van der Waals surface area contributed by atoms with Gasteiger partial charge in [0.15, 0.2) is 17.3 Å². The highest BCUT2D eigenvalue weighted by atomic mass is 32.2. The number of unbranched alkanes of at least 4 members (excludes halogenated alkanes) is 3. The van der Waals surface area contributed by atoms with E-state index in [1.165, 1.54) is 31.2 Å². The Morgan fingerprint density at radius 1 is 0.909 bits per heavy atom. The van der Waals surface area contributed by atoms with E-state index < -0.39 is 0 Å². The molecule has 0 spiro atoms. The number of rotatable bonds is 9. The van der Waals surface area contributed by atoms with Gasteiger partial charge in [-0.3, -0.25) is 0 Å². The average molecular weight is 464 g/mol. The first-order valence-corrected chi connectivity index (χ1v) is 12.5. The van der Waals surface area contributed by atoms with E-state index in [2.05, 4.69) is 31.1 Å². The summed E-state index contributed by atoms with van der Waals surface area (Å²) < 4.78 is 17.2. The van der Waals surface area contributed by atoms with Gasteiger partial charge in [-0.1, -0.05) is 31.0 Å². The number of fused-ring (bicyclic) bond motifs is 3. The number of hydrogen-bond donors (Lipinski definition) is 0. The molecule has 0 saturated carbocycles. The molecular weight excluding hydrogens is 434 g/mol. The molecule has 7 heteroatoms. The predicted octanol–water partition coefficient (Wildman–Crippen LogP) is 5.78. The molecule has 1 aromatic heterocycles. The van der Waals surface area contributed by atoms with E-state index in [0.717, 1.165) is 52.1 Å². The lowest BCUT2D eigenvalue weighted by molar-refractivity contribution is 0.174. The van der Waals surface area contributed by atoms with Crippen LogP contribution in [0.5, 0.6) is 23.1 Å². The molecule has 0 fully saturated rings. The summed E-state index contributed by atoms with van der Waals surface area (Å²) in [6, 6.07) is 14.0. The lowest BCUT2D eigenvalue weighted by Crippen LogP contribution is -2.12. The van der Waals surface area contributed by atoms with Gasteiger partial charge in [0, 0.05) is 12.0 Å². The van der Waals surface area contributed by atoms with E-state index in [1.54, 1.807) is 0 Å². The summed E-state index contributed by atoms with van der Waals surface area (Å²) in [4.78, 5) is 12.0. The number of nitrogens with zero attached hydrogens (tertiary/aromatic N) is 3. The molecule has 172 valence electrons. The standard InChI is InChI=1S/C26H29N3O3S/c1-29(2)13-7-3-4-8-14-33-26-20-15-18-9-5-6-10-21(18)32-25(20)27-24(28-26)19-11-12-22-23(16-19)31-17-30-22/h5-6,9-12,16H,3-4,7-8,13-15,17H2,1-2H3. The van der Waals surface area contributed by atoms with Crippen molar-refractivity contribution in [2.75, 3.05) is 33.2 Å². The van der Waals surface area contributed by atoms with Crippen molar-refractivity contribution in [1.29, 1.82) is 0 Å². The molecule has 2 aliphatic heterocycles. The maximum atomic E-state index is 6.23. The number of benzene rings is 2. The van der Waals surface area contributed by atoms with Gasteiger partial charge in [-0.2, -0.15) is 4.98 Å². The third-order valence-electron chi connectivity index (χ3n) is 5.85. The third-order valence-corrected chi connectivity index (χ3v) is 6.95. The summed E-state index contributed by atoms with van der Waals surface area (Å²) in [5, 5.41) is 1.01. The van der Waals surface area contributed by atoms with Gasteiger partial charge >= 0.3 is 0 Å². The minimum absolute atomic E-state index is 0.249. The van der Waals surface area contributed by atoms with Crippen molar-refractivity contribution in [1.82, 2.24) is 14.9 Å². The molecule has 0 radical (unpaired) electrons. The Morgan fingerprint density at radius 3 is 2.67 bits per heavy atom. The van der Waals surface area contributed by atoms with Gasteiger partial charge in [-0.05, 0) is 69.1 Å². The van der Waals surface area contributed by atoms with Crippen molar-refractivity contribution in [3.8, 4) is 34.5 Å². The second-order valence-electron chi connectivity index (χ2n) is 8.66. The second kappa shape index (κ2) is 10.0. The summed E-state index contributed by atoms with van der Waals surface area (Å²) in [7, 11) is 4.26. The Labute approximate surface area is 199 Å². The van der Waals surface area contributed by atoms with Gasteiger partial charge in [0.05, 0.1) is 5.56 Å². The van der Waals surface area contributed by atoms with Gasteiger partial charge < -0.3 is 19.1 Å². The molecule has 0 bridgehead atoms. The fraction of sp³-hybridized carbons (Fsp3) is 0.385. The molecule has 2 aromatic carbocycles. The minimum Gasteiger partial charge on any atom is -0.454 e. The van der Waals surface area contributed by atoms with Gasteiger partial charge in [-0.15, -0.1) is 11.8 Å². The molecule has 0 unspecified atom stereocenters. The molecule has 5 rings (SSSR count). The Hall–Kier alpha value is -2.77. The smallest absolute Gasteiger partial charge is 0.231 e. The van der Waals surface area contributed by atoms with E-state index in [0.29, 0.717) is 11.7 Å². The first-order valence-electron chi connectivity index (χ1n) is 11.5. The largest absolute Gasteiger partial charge is 0.454 e. The first kappa shape index (κ1) is 22.0. The maximum absolute atomic E-state index is 6.23. The molecule has 0 atom stereocenters. The predicted molar refractivity (Wildman–Crippen MR) is 131 cm³/mol.